The quantitative estimate of drug-likeness (QED) is 0.117. The molecular formula is C36H29F4N3O6. The van der Waals surface area contributed by atoms with Gasteiger partial charge in [0.15, 0.2) is 17.0 Å². The third kappa shape index (κ3) is 6.00. The van der Waals surface area contributed by atoms with Crippen molar-refractivity contribution in [2.75, 3.05) is 6.54 Å². The number of rotatable bonds is 9. The average molecular weight is 676 g/mol. The summed E-state index contributed by atoms with van der Waals surface area (Å²) in [4.78, 5) is 21.5. The van der Waals surface area contributed by atoms with Gasteiger partial charge in [0.25, 0.3) is 0 Å². The summed E-state index contributed by atoms with van der Waals surface area (Å²) in [7, 11) is 0. The zero-order valence-corrected chi connectivity index (χ0v) is 26.3. The van der Waals surface area contributed by atoms with E-state index in [9.17, 15) is 27.5 Å². The summed E-state index contributed by atoms with van der Waals surface area (Å²) in [6.07, 6.45) is 1.48. The van der Waals surface area contributed by atoms with Gasteiger partial charge in [-0.1, -0.05) is 24.3 Å². The number of carbonyl (C=O) groups excluding carboxylic acids is 1. The maximum atomic E-state index is 14.7. The summed E-state index contributed by atoms with van der Waals surface area (Å²) in [6, 6.07) is 14.6. The summed E-state index contributed by atoms with van der Waals surface area (Å²) in [5.74, 6) is -2.77. The van der Waals surface area contributed by atoms with Gasteiger partial charge in [0.1, 0.15) is 29.4 Å². The molecule has 0 aliphatic carbocycles. The molecule has 7 rings (SSSR count). The third-order valence-electron chi connectivity index (χ3n) is 8.73. The third-order valence-corrected chi connectivity index (χ3v) is 8.73. The molecule has 9 nitrogen and oxygen atoms in total. The number of nitrogens with one attached hydrogen (secondary N) is 1. The van der Waals surface area contributed by atoms with Crippen LogP contribution in [0.15, 0.2) is 63.4 Å². The van der Waals surface area contributed by atoms with Crippen LogP contribution in [0.3, 0.4) is 0 Å². The van der Waals surface area contributed by atoms with Crippen LogP contribution < -0.4 is 10.1 Å². The molecule has 3 heterocycles. The van der Waals surface area contributed by atoms with E-state index in [2.05, 4.69) is 15.3 Å². The van der Waals surface area contributed by atoms with E-state index in [4.69, 9.17) is 18.3 Å². The van der Waals surface area contributed by atoms with E-state index in [-0.39, 0.29) is 51.9 Å². The number of hydrogen-bond donors (Lipinski definition) is 2. The first-order chi connectivity index (χ1) is 23.6. The fourth-order valence-electron chi connectivity index (χ4n) is 6.17. The molecule has 1 atom stereocenters. The topological polar surface area (TPSA) is 120 Å². The number of oxazole rings is 2. The predicted octanol–water partition coefficient (Wildman–Crippen LogP) is 7.75. The lowest BCUT2D eigenvalue weighted by Crippen LogP contribution is -2.32. The Labute approximate surface area is 276 Å². The van der Waals surface area contributed by atoms with Gasteiger partial charge in [-0.25, -0.2) is 14.4 Å². The van der Waals surface area contributed by atoms with E-state index in [0.29, 0.717) is 29.6 Å². The van der Waals surface area contributed by atoms with Crippen molar-refractivity contribution in [3.8, 4) is 39.8 Å². The van der Waals surface area contributed by atoms with E-state index in [1.165, 1.54) is 18.2 Å². The van der Waals surface area contributed by atoms with Crippen LogP contribution in [-0.4, -0.2) is 40.2 Å². The minimum Gasteiger partial charge on any atom is -0.460 e. The maximum absolute atomic E-state index is 14.7. The molecule has 0 bridgehead atoms. The van der Waals surface area contributed by atoms with Crippen LogP contribution >= 0.6 is 0 Å². The molecule has 0 amide bonds. The summed E-state index contributed by atoms with van der Waals surface area (Å²) >= 11 is 0. The van der Waals surface area contributed by atoms with Crippen molar-refractivity contribution in [3.05, 3.63) is 88.5 Å². The molecule has 13 heteroatoms. The lowest BCUT2D eigenvalue weighted by Gasteiger charge is -2.14. The molecule has 2 N–H and O–H groups in total. The Kier molecular flexibility index (Phi) is 8.55. The summed E-state index contributed by atoms with van der Waals surface area (Å²) < 4.78 is 77.5. The van der Waals surface area contributed by atoms with Gasteiger partial charge in [-0.15, -0.1) is 0 Å². The SMILES string of the molecule is Cc1c(-c2nc3cc(COC(=O)[C@@H]4CCCN4)c(OC(F)F)cc3o2)cccc1-c1cccc(-c2nc3cc(CO)c(F)c(F)c3o2)c1C. The van der Waals surface area contributed by atoms with Crippen molar-refractivity contribution in [2.24, 2.45) is 0 Å². The molecule has 0 spiro atoms. The number of aliphatic hydroxyl groups is 1. The number of benzene rings is 4. The lowest BCUT2D eigenvalue weighted by atomic mass is 9.91. The van der Waals surface area contributed by atoms with Crippen LogP contribution in [0.2, 0.25) is 0 Å². The number of aliphatic hydroxyl groups excluding tert-OH is 1. The summed E-state index contributed by atoms with van der Waals surface area (Å²) in [5.41, 5.74) is 4.59. The molecule has 1 aliphatic rings. The summed E-state index contributed by atoms with van der Waals surface area (Å²) in [5, 5.41) is 12.5. The predicted molar refractivity (Wildman–Crippen MR) is 171 cm³/mol. The van der Waals surface area contributed by atoms with E-state index in [0.717, 1.165) is 28.7 Å². The number of aromatic nitrogens is 2. The summed E-state index contributed by atoms with van der Waals surface area (Å²) in [6.45, 7) is 0.344. The van der Waals surface area contributed by atoms with Crippen LogP contribution in [0.25, 0.3) is 56.2 Å². The van der Waals surface area contributed by atoms with E-state index >= 15 is 0 Å². The Morgan fingerprint density at radius 3 is 2.18 bits per heavy atom. The molecule has 6 aromatic rings. The second kappa shape index (κ2) is 13.0. The zero-order valence-electron chi connectivity index (χ0n) is 26.3. The minimum atomic E-state index is -3.11. The van der Waals surface area contributed by atoms with Gasteiger partial charge in [0.2, 0.25) is 17.6 Å². The Hall–Kier alpha value is -5.27. The van der Waals surface area contributed by atoms with Crippen LogP contribution in [0.1, 0.15) is 35.1 Å². The molecule has 1 fully saturated rings. The minimum absolute atomic E-state index is 0.0751. The molecule has 0 radical (unpaired) electrons. The van der Waals surface area contributed by atoms with Gasteiger partial charge in [0, 0.05) is 28.3 Å². The lowest BCUT2D eigenvalue weighted by molar-refractivity contribution is -0.147. The molecule has 0 unspecified atom stereocenters. The van der Waals surface area contributed by atoms with Gasteiger partial charge in [-0.3, -0.25) is 4.79 Å². The number of carbonyl (C=O) groups is 1. The molecule has 1 saturated heterocycles. The number of halogens is 4. The standard InChI is InChI=1S/C36H29F4N3O6/c1-17-21(22-7-4-9-24(18(22)2)34-43-27-12-19(15-44)30(37)31(38)32(27)49-34)6-3-8-23(17)33-42-26-13-20(16-46-35(45)25-10-5-11-41-25)28(48-36(39)40)14-29(26)47-33/h3-4,6-9,12-14,25,36,41,44H,5,10-11,15-16H2,1-2H3/t25-/m0/s1. The molecule has 4 aromatic carbocycles. The molecule has 2 aromatic heterocycles. The molecule has 1 aliphatic heterocycles. The van der Waals surface area contributed by atoms with Crippen LogP contribution in [0, 0.1) is 25.5 Å². The van der Waals surface area contributed by atoms with E-state index in [1.807, 2.05) is 38.1 Å². The maximum Gasteiger partial charge on any atom is 0.387 e. The number of esters is 1. The van der Waals surface area contributed by atoms with Crippen molar-refractivity contribution < 1.29 is 45.8 Å². The van der Waals surface area contributed by atoms with Crippen molar-refractivity contribution in [2.45, 2.75) is 52.6 Å². The number of fused-ring (bicyclic) bond motifs is 2. The van der Waals surface area contributed by atoms with E-state index in [1.54, 1.807) is 12.1 Å². The number of alkyl halides is 2. The van der Waals surface area contributed by atoms with Gasteiger partial charge < -0.3 is 28.7 Å². The number of hydrogen-bond acceptors (Lipinski definition) is 9. The Bertz CT molecular complexity index is 2220. The second-order valence-electron chi connectivity index (χ2n) is 11.7. The van der Waals surface area contributed by atoms with Crippen LogP contribution in [-0.2, 0) is 22.7 Å². The van der Waals surface area contributed by atoms with Crippen LogP contribution in [0.5, 0.6) is 5.75 Å². The van der Waals surface area contributed by atoms with Gasteiger partial charge in [-0.05, 0) is 79.8 Å². The molecule has 0 saturated carbocycles. The van der Waals surface area contributed by atoms with Gasteiger partial charge >= 0.3 is 12.6 Å². The Morgan fingerprint density at radius 1 is 0.918 bits per heavy atom. The van der Waals surface area contributed by atoms with E-state index < -0.39 is 36.9 Å². The smallest absolute Gasteiger partial charge is 0.387 e. The number of nitrogens with zero attached hydrogens (tertiary/aromatic N) is 2. The molecule has 252 valence electrons. The highest BCUT2D eigenvalue weighted by molar-refractivity contribution is 5.85. The monoisotopic (exact) mass is 675 g/mol. The highest BCUT2D eigenvalue weighted by atomic mass is 19.3. The van der Waals surface area contributed by atoms with Crippen molar-refractivity contribution >= 4 is 28.2 Å². The molecule has 49 heavy (non-hydrogen) atoms. The number of ether oxygens (including phenoxy) is 2. The van der Waals surface area contributed by atoms with Crippen molar-refractivity contribution in [3.63, 3.8) is 0 Å². The first-order valence-electron chi connectivity index (χ1n) is 15.5. The fourth-order valence-corrected chi connectivity index (χ4v) is 6.17. The Morgan fingerprint density at radius 2 is 1.55 bits per heavy atom. The first-order valence-corrected chi connectivity index (χ1v) is 15.5. The van der Waals surface area contributed by atoms with Gasteiger partial charge in [0.05, 0.1) is 6.61 Å². The van der Waals surface area contributed by atoms with Crippen LogP contribution in [0.4, 0.5) is 17.6 Å². The largest absolute Gasteiger partial charge is 0.460 e. The normalized spacial score (nSPS) is 14.7. The fraction of sp³-hybridized carbons (Fsp3) is 0.250. The van der Waals surface area contributed by atoms with Crippen molar-refractivity contribution in [1.29, 1.82) is 0 Å². The van der Waals surface area contributed by atoms with Crippen molar-refractivity contribution in [1.82, 2.24) is 15.3 Å². The van der Waals surface area contributed by atoms with Gasteiger partial charge in [-0.2, -0.15) is 13.2 Å². The first kappa shape index (κ1) is 32.3. The Balaban J connectivity index is 1.23. The average Bonchev–Trinajstić information content (AvgIpc) is 3.86. The highest BCUT2D eigenvalue weighted by Gasteiger charge is 2.25. The molecular weight excluding hydrogens is 646 g/mol. The highest BCUT2D eigenvalue weighted by Crippen LogP contribution is 2.39. The second-order valence-corrected chi connectivity index (χ2v) is 11.7. The zero-order chi connectivity index (χ0) is 34.4.